The summed E-state index contributed by atoms with van der Waals surface area (Å²) in [4.78, 5) is 0.652. The van der Waals surface area contributed by atoms with Crippen LogP contribution in [0.25, 0.3) is 15.5 Å². The molecule has 0 aliphatic carbocycles. The number of nitrogens with two attached hydrogens (primary N) is 1. The first kappa shape index (κ1) is 9.22. The van der Waals surface area contributed by atoms with E-state index in [0.29, 0.717) is 15.5 Å². The Labute approximate surface area is 93.3 Å². The smallest absolute Gasteiger partial charge is 0.234 e. The van der Waals surface area contributed by atoms with E-state index in [9.17, 15) is 4.39 Å². The first-order chi connectivity index (χ1) is 7.75. The van der Waals surface area contributed by atoms with Crippen molar-refractivity contribution in [2.45, 2.75) is 0 Å². The zero-order valence-corrected chi connectivity index (χ0v) is 8.78. The van der Waals surface area contributed by atoms with Crippen LogP contribution in [0.1, 0.15) is 0 Å². The number of rotatable bonds is 1. The minimum atomic E-state index is -0.441. The van der Waals surface area contributed by atoms with Gasteiger partial charge in [-0.3, -0.25) is 0 Å². The van der Waals surface area contributed by atoms with Crippen molar-refractivity contribution in [1.82, 2.24) is 19.8 Å². The van der Waals surface area contributed by atoms with Crippen LogP contribution in [0.3, 0.4) is 0 Å². The van der Waals surface area contributed by atoms with Gasteiger partial charge < -0.3 is 5.73 Å². The molecule has 2 heterocycles. The first-order valence-electron chi connectivity index (χ1n) is 4.47. The zero-order valence-electron chi connectivity index (χ0n) is 7.96. The Bertz CT molecular complexity index is 630. The normalized spacial score (nSPS) is 11.1. The third-order valence-corrected chi connectivity index (χ3v) is 3.12. The maximum atomic E-state index is 13.3. The van der Waals surface area contributed by atoms with Gasteiger partial charge in [-0.25, -0.2) is 4.39 Å². The van der Waals surface area contributed by atoms with Crippen LogP contribution in [-0.2, 0) is 0 Å². The molecule has 2 N–H and O–H groups in total. The quantitative estimate of drug-likeness (QED) is 0.650. The molecular weight excluding hydrogens is 229 g/mol. The lowest BCUT2D eigenvalue weighted by atomic mass is 10.2. The van der Waals surface area contributed by atoms with Crippen molar-refractivity contribution in [3.63, 3.8) is 0 Å². The molecule has 3 aromatic rings. The molecule has 80 valence electrons. The van der Waals surface area contributed by atoms with Crippen LogP contribution in [0.2, 0.25) is 0 Å². The molecular formula is C9H6FN5S. The summed E-state index contributed by atoms with van der Waals surface area (Å²) in [6.07, 6.45) is 1.49. The van der Waals surface area contributed by atoms with Crippen LogP contribution < -0.4 is 5.73 Å². The standard InChI is InChI=1S/C9H6FN5S/c10-6-3-1-2-5(7(6)11)8-14-15-4-12-13-9(15)16-8/h1-4H,11H2. The van der Waals surface area contributed by atoms with Gasteiger partial charge in [-0.2, -0.15) is 9.61 Å². The van der Waals surface area contributed by atoms with E-state index in [4.69, 9.17) is 5.73 Å². The van der Waals surface area contributed by atoms with Crippen molar-refractivity contribution in [2.24, 2.45) is 0 Å². The van der Waals surface area contributed by atoms with E-state index in [-0.39, 0.29) is 5.69 Å². The number of hydrogen-bond donors (Lipinski definition) is 1. The fourth-order valence-corrected chi connectivity index (χ4v) is 2.25. The summed E-state index contributed by atoms with van der Waals surface area (Å²) in [5, 5.41) is 12.4. The minimum absolute atomic E-state index is 0.104. The topological polar surface area (TPSA) is 69.1 Å². The number of anilines is 1. The summed E-state index contributed by atoms with van der Waals surface area (Å²) < 4.78 is 14.8. The van der Waals surface area contributed by atoms with Crippen LogP contribution in [0.4, 0.5) is 10.1 Å². The highest BCUT2D eigenvalue weighted by atomic mass is 32.1. The fraction of sp³-hybridized carbons (Fsp3) is 0. The van der Waals surface area contributed by atoms with E-state index >= 15 is 0 Å². The molecule has 1 aromatic carbocycles. The molecule has 0 unspecified atom stereocenters. The van der Waals surface area contributed by atoms with Gasteiger partial charge in [0.2, 0.25) is 4.96 Å². The van der Waals surface area contributed by atoms with Gasteiger partial charge in [0.1, 0.15) is 17.2 Å². The number of nitrogens with zero attached hydrogens (tertiary/aromatic N) is 4. The fourth-order valence-electron chi connectivity index (χ4n) is 1.39. The van der Waals surface area contributed by atoms with E-state index < -0.39 is 5.82 Å². The van der Waals surface area contributed by atoms with Crippen molar-refractivity contribution >= 4 is 22.0 Å². The van der Waals surface area contributed by atoms with Crippen molar-refractivity contribution in [2.75, 3.05) is 5.73 Å². The zero-order chi connectivity index (χ0) is 11.1. The number of aromatic nitrogens is 4. The van der Waals surface area contributed by atoms with E-state index in [1.54, 1.807) is 12.1 Å². The van der Waals surface area contributed by atoms with Crippen molar-refractivity contribution in [3.05, 3.63) is 30.3 Å². The van der Waals surface area contributed by atoms with Crippen LogP contribution in [0, 0.1) is 5.82 Å². The Morgan fingerprint density at radius 1 is 1.38 bits per heavy atom. The predicted octanol–water partition coefficient (Wildman–Crippen LogP) is 1.57. The highest BCUT2D eigenvalue weighted by molar-refractivity contribution is 7.19. The third kappa shape index (κ3) is 1.25. The molecule has 0 fully saturated rings. The number of halogens is 1. The molecule has 0 saturated heterocycles. The summed E-state index contributed by atoms with van der Waals surface area (Å²) >= 11 is 1.31. The second-order valence-electron chi connectivity index (χ2n) is 3.17. The lowest BCUT2D eigenvalue weighted by Crippen LogP contribution is -1.94. The van der Waals surface area contributed by atoms with Gasteiger partial charge in [0, 0.05) is 5.56 Å². The molecule has 0 aliphatic heterocycles. The Morgan fingerprint density at radius 3 is 3.06 bits per heavy atom. The summed E-state index contributed by atoms with van der Waals surface area (Å²) in [6.45, 7) is 0. The average molecular weight is 235 g/mol. The van der Waals surface area contributed by atoms with Gasteiger partial charge in [-0.15, -0.1) is 10.2 Å². The van der Waals surface area contributed by atoms with Gasteiger partial charge in [0.15, 0.2) is 0 Å². The Balaban J connectivity index is 2.23. The maximum Gasteiger partial charge on any atom is 0.234 e. The lowest BCUT2D eigenvalue weighted by Gasteiger charge is -2.01. The monoisotopic (exact) mass is 235 g/mol. The van der Waals surface area contributed by atoms with Crippen LogP contribution >= 0.6 is 11.3 Å². The highest BCUT2D eigenvalue weighted by Crippen LogP contribution is 2.30. The van der Waals surface area contributed by atoms with Crippen LogP contribution in [0.5, 0.6) is 0 Å². The first-order valence-corrected chi connectivity index (χ1v) is 5.28. The van der Waals surface area contributed by atoms with Crippen molar-refractivity contribution in [1.29, 1.82) is 0 Å². The lowest BCUT2D eigenvalue weighted by molar-refractivity contribution is 0.633. The second-order valence-corrected chi connectivity index (χ2v) is 4.12. The third-order valence-electron chi connectivity index (χ3n) is 2.17. The second kappa shape index (κ2) is 3.24. The SMILES string of the molecule is Nc1c(F)cccc1-c1nn2cnnc2s1. The number of hydrogen-bond acceptors (Lipinski definition) is 5. The van der Waals surface area contributed by atoms with E-state index in [2.05, 4.69) is 15.3 Å². The van der Waals surface area contributed by atoms with Gasteiger partial charge in [-0.05, 0) is 12.1 Å². The van der Waals surface area contributed by atoms with E-state index in [0.717, 1.165) is 0 Å². The van der Waals surface area contributed by atoms with Crippen molar-refractivity contribution < 1.29 is 4.39 Å². The number of fused-ring (bicyclic) bond motifs is 1. The summed E-state index contributed by atoms with van der Waals surface area (Å²) in [5.41, 5.74) is 6.33. The van der Waals surface area contributed by atoms with Crippen molar-refractivity contribution in [3.8, 4) is 10.6 Å². The van der Waals surface area contributed by atoms with Gasteiger partial charge in [0.25, 0.3) is 0 Å². The van der Waals surface area contributed by atoms with E-state index in [1.807, 2.05) is 0 Å². The Hall–Kier alpha value is -2.02. The summed E-state index contributed by atoms with van der Waals surface area (Å²) in [7, 11) is 0. The van der Waals surface area contributed by atoms with Crippen LogP contribution in [0.15, 0.2) is 24.5 Å². The van der Waals surface area contributed by atoms with E-state index in [1.165, 1.54) is 28.2 Å². The molecule has 16 heavy (non-hydrogen) atoms. The Morgan fingerprint density at radius 2 is 2.25 bits per heavy atom. The molecule has 0 aliphatic rings. The molecule has 3 rings (SSSR count). The molecule has 0 spiro atoms. The number of para-hydroxylation sites is 1. The summed E-state index contributed by atoms with van der Waals surface area (Å²) in [6, 6.07) is 4.65. The average Bonchev–Trinajstić information content (AvgIpc) is 2.81. The molecule has 0 saturated carbocycles. The molecule has 0 bridgehead atoms. The highest BCUT2D eigenvalue weighted by Gasteiger charge is 2.12. The van der Waals surface area contributed by atoms with Crippen LogP contribution in [-0.4, -0.2) is 19.8 Å². The molecule has 0 amide bonds. The van der Waals surface area contributed by atoms with Gasteiger partial charge in [0.05, 0.1) is 5.69 Å². The van der Waals surface area contributed by atoms with Gasteiger partial charge in [-0.1, -0.05) is 17.4 Å². The number of nitrogen functional groups attached to an aromatic ring is 1. The molecule has 0 radical (unpaired) electrons. The number of benzene rings is 1. The maximum absolute atomic E-state index is 13.3. The largest absolute Gasteiger partial charge is 0.396 e. The minimum Gasteiger partial charge on any atom is -0.396 e. The predicted molar refractivity (Wildman–Crippen MR) is 58.5 cm³/mol. The summed E-state index contributed by atoms with van der Waals surface area (Å²) in [5.74, 6) is -0.441. The molecule has 0 atom stereocenters. The van der Waals surface area contributed by atoms with Gasteiger partial charge >= 0.3 is 0 Å². The molecule has 5 nitrogen and oxygen atoms in total. The Kier molecular flexibility index (Phi) is 1.87. The molecule has 2 aromatic heterocycles. The molecule has 7 heteroatoms.